The first-order valence-corrected chi connectivity index (χ1v) is 5.97. The van der Waals surface area contributed by atoms with Crippen molar-refractivity contribution in [3.63, 3.8) is 0 Å². The van der Waals surface area contributed by atoms with Gasteiger partial charge in [0, 0.05) is 11.1 Å². The maximum atomic E-state index is 13.7. The molecule has 1 nitrogen and oxygen atoms in total. The molecule has 0 saturated carbocycles. The molecule has 0 saturated heterocycles. The van der Waals surface area contributed by atoms with Crippen molar-refractivity contribution in [2.75, 3.05) is 0 Å². The molecule has 0 spiro atoms. The number of halogens is 5. The molecule has 2 aromatic carbocycles. The van der Waals surface area contributed by atoms with E-state index in [2.05, 4.69) is 0 Å². The fraction of sp³-hybridized carbons (Fsp3) is 0.143. The van der Waals surface area contributed by atoms with Crippen molar-refractivity contribution in [3.8, 4) is 0 Å². The Morgan fingerprint density at radius 3 is 1.95 bits per heavy atom. The molecule has 1 atom stereocenters. The zero-order valence-electron chi connectivity index (χ0n) is 10.2. The lowest BCUT2D eigenvalue weighted by atomic mass is 9.99. The van der Waals surface area contributed by atoms with Crippen LogP contribution in [0.25, 0.3) is 0 Å². The molecule has 1 N–H and O–H groups in total. The maximum Gasteiger partial charge on any atom is 0.142 e. The largest absolute Gasteiger partial charge is 0.383 e. The van der Waals surface area contributed by atoms with E-state index < -0.39 is 45.5 Å². The van der Waals surface area contributed by atoms with Gasteiger partial charge in [-0.15, -0.1) is 0 Å². The van der Waals surface area contributed by atoms with Crippen LogP contribution in [0, 0.1) is 30.2 Å². The highest BCUT2D eigenvalue weighted by molar-refractivity contribution is 6.30. The van der Waals surface area contributed by atoms with Crippen molar-refractivity contribution < 1.29 is 22.7 Å². The van der Waals surface area contributed by atoms with Gasteiger partial charge in [0.25, 0.3) is 0 Å². The molecule has 0 aliphatic rings. The summed E-state index contributed by atoms with van der Waals surface area (Å²) in [6.07, 6.45) is -1.84. The molecule has 0 aliphatic heterocycles. The van der Waals surface area contributed by atoms with E-state index in [1.807, 2.05) is 0 Å². The van der Waals surface area contributed by atoms with E-state index in [9.17, 15) is 22.7 Å². The van der Waals surface area contributed by atoms with Gasteiger partial charge in [0.1, 0.15) is 29.4 Å². The van der Waals surface area contributed by atoms with Crippen molar-refractivity contribution in [1.29, 1.82) is 0 Å². The van der Waals surface area contributed by atoms with Gasteiger partial charge in [-0.2, -0.15) is 0 Å². The summed E-state index contributed by atoms with van der Waals surface area (Å²) < 4.78 is 54.1. The zero-order chi connectivity index (χ0) is 15.0. The topological polar surface area (TPSA) is 20.2 Å². The third kappa shape index (κ3) is 2.64. The Morgan fingerprint density at radius 1 is 0.850 bits per heavy atom. The van der Waals surface area contributed by atoms with Gasteiger partial charge in [0.15, 0.2) is 0 Å². The molecule has 0 radical (unpaired) electrons. The first kappa shape index (κ1) is 14.8. The minimum Gasteiger partial charge on any atom is -0.383 e. The summed E-state index contributed by atoms with van der Waals surface area (Å²) in [5.41, 5.74) is -0.955. The number of hydrogen-bond acceptors (Lipinski definition) is 1. The molecule has 6 heteroatoms. The van der Waals surface area contributed by atoms with Gasteiger partial charge >= 0.3 is 0 Å². The molecule has 0 aromatic heterocycles. The summed E-state index contributed by atoms with van der Waals surface area (Å²) in [5.74, 6) is -3.64. The smallest absolute Gasteiger partial charge is 0.142 e. The Labute approximate surface area is 117 Å². The molecular formula is C14H9ClF4O. The summed E-state index contributed by atoms with van der Waals surface area (Å²) in [4.78, 5) is 0. The van der Waals surface area contributed by atoms with Crippen LogP contribution in [0.3, 0.4) is 0 Å². The van der Waals surface area contributed by atoms with Crippen LogP contribution in [0.4, 0.5) is 17.6 Å². The summed E-state index contributed by atoms with van der Waals surface area (Å²) >= 11 is 5.38. The van der Waals surface area contributed by atoms with Crippen molar-refractivity contribution in [1.82, 2.24) is 0 Å². The predicted octanol–water partition coefficient (Wildman–Crippen LogP) is 4.29. The standard InChI is InChI=1S/C14H9ClF4O/c1-6-2-11(17)7(3-10(6)16)14(20)8-4-13(19)9(15)5-12(8)18/h2-5,14,20H,1H3. The van der Waals surface area contributed by atoms with Gasteiger partial charge in [0.2, 0.25) is 0 Å². The Hall–Kier alpha value is -1.59. The van der Waals surface area contributed by atoms with Crippen LogP contribution in [0.15, 0.2) is 24.3 Å². The van der Waals surface area contributed by atoms with Crippen molar-refractivity contribution in [2.45, 2.75) is 13.0 Å². The summed E-state index contributed by atoms with van der Waals surface area (Å²) in [6.45, 7) is 1.34. The Kier molecular flexibility index (Phi) is 4.01. The van der Waals surface area contributed by atoms with Gasteiger partial charge in [0.05, 0.1) is 5.02 Å². The number of rotatable bonds is 2. The number of hydrogen-bond donors (Lipinski definition) is 1. The van der Waals surface area contributed by atoms with E-state index >= 15 is 0 Å². The van der Waals surface area contributed by atoms with Crippen LogP contribution in [0.2, 0.25) is 5.02 Å². The first-order valence-electron chi connectivity index (χ1n) is 5.59. The second-order valence-electron chi connectivity index (χ2n) is 4.31. The lowest BCUT2D eigenvalue weighted by Gasteiger charge is -2.14. The van der Waals surface area contributed by atoms with Crippen LogP contribution in [-0.4, -0.2) is 5.11 Å². The van der Waals surface area contributed by atoms with Crippen molar-refractivity contribution >= 4 is 11.6 Å². The normalized spacial score (nSPS) is 12.6. The van der Waals surface area contributed by atoms with E-state index in [4.69, 9.17) is 11.6 Å². The van der Waals surface area contributed by atoms with Crippen LogP contribution < -0.4 is 0 Å². The van der Waals surface area contributed by atoms with Crippen molar-refractivity contribution in [3.05, 3.63) is 69.2 Å². The van der Waals surface area contributed by atoms with Crippen LogP contribution in [0.1, 0.15) is 22.8 Å². The van der Waals surface area contributed by atoms with Crippen molar-refractivity contribution in [2.24, 2.45) is 0 Å². The fourth-order valence-electron chi connectivity index (χ4n) is 1.79. The van der Waals surface area contributed by atoms with E-state index in [0.29, 0.717) is 12.1 Å². The van der Waals surface area contributed by atoms with E-state index in [0.717, 1.165) is 12.1 Å². The van der Waals surface area contributed by atoms with Gasteiger partial charge < -0.3 is 5.11 Å². The Bertz CT molecular complexity index is 615. The molecule has 0 fully saturated rings. The average Bonchev–Trinajstić information content (AvgIpc) is 2.37. The molecule has 106 valence electrons. The molecule has 0 bridgehead atoms. The monoisotopic (exact) mass is 304 g/mol. The van der Waals surface area contributed by atoms with Gasteiger partial charge in [-0.25, -0.2) is 17.6 Å². The minimum absolute atomic E-state index is 0.0428. The highest BCUT2D eigenvalue weighted by Gasteiger charge is 2.22. The SMILES string of the molecule is Cc1cc(F)c(C(O)c2cc(F)c(Cl)cc2F)cc1F. The second kappa shape index (κ2) is 5.42. The summed E-state index contributed by atoms with van der Waals surface area (Å²) in [7, 11) is 0. The van der Waals surface area contributed by atoms with Crippen LogP contribution in [0.5, 0.6) is 0 Å². The lowest BCUT2D eigenvalue weighted by Crippen LogP contribution is -2.07. The minimum atomic E-state index is -1.84. The molecule has 20 heavy (non-hydrogen) atoms. The van der Waals surface area contributed by atoms with Gasteiger partial charge in [-0.3, -0.25) is 0 Å². The Morgan fingerprint density at radius 2 is 1.35 bits per heavy atom. The van der Waals surface area contributed by atoms with Gasteiger partial charge in [-0.05, 0) is 36.8 Å². The fourth-order valence-corrected chi connectivity index (χ4v) is 1.94. The van der Waals surface area contributed by atoms with E-state index in [1.165, 1.54) is 6.92 Å². The molecule has 2 aromatic rings. The zero-order valence-corrected chi connectivity index (χ0v) is 11.0. The summed E-state index contributed by atoms with van der Waals surface area (Å²) in [5, 5.41) is 9.46. The third-order valence-corrected chi connectivity index (χ3v) is 3.20. The summed E-state index contributed by atoms with van der Waals surface area (Å²) in [6, 6.07) is 2.94. The number of aliphatic hydroxyl groups is 1. The molecule has 1 unspecified atom stereocenters. The lowest BCUT2D eigenvalue weighted by molar-refractivity contribution is 0.208. The molecule has 2 rings (SSSR count). The Balaban J connectivity index is 2.54. The molecular weight excluding hydrogens is 296 g/mol. The quantitative estimate of drug-likeness (QED) is 0.648. The third-order valence-electron chi connectivity index (χ3n) is 2.91. The predicted molar refractivity (Wildman–Crippen MR) is 66.5 cm³/mol. The number of aliphatic hydroxyl groups excluding tert-OH is 1. The van der Waals surface area contributed by atoms with E-state index in [1.54, 1.807) is 0 Å². The highest BCUT2D eigenvalue weighted by atomic mass is 35.5. The number of benzene rings is 2. The molecule has 0 heterocycles. The average molecular weight is 305 g/mol. The molecule has 0 aliphatic carbocycles. The molecule has 0 amide bonds. The second-order valence-corrected chi connectivity index (χ2v) is 4.72. The van der Waals surface area contributed by atoms with E-state index in [-0.39, 0.29) is 5.56 Å². The maximum absolute atomic E-state index is 13.7. The first-order chi connectivity index (χ1) is 9.31. The van der Waals surface area contributed by atoms with Crippen LogP contribution in [-0.2, 0) is 0 Å². The van der Waals surface area contributed by atoms with Gasteiger partial charge in [-0.1, -0.05) is 11.6 Å². The van der Waals surface area contributed by atoms with Crippen LogP contribution >= 0.6 is 11.6 Å². The number of aryl methyl sites for hydroxylation is 1. The highest BCUT2D eigenvalue weighted by Crippen LogP contribution is 2.30.